The number of Topliss-reactive ketones (excluding diaryl/α,β-unsaturated/α-hetero) is 2. The summed E-state index contributed by atoms with van der Waals surface area (Å²) in [7, 11) is 0. The van der Waals surface area contributed by atoms with Crippen molar-refractivity contribution < 1.29 is 9.59 Å². The molecular weight excluding hydrogens is 340 g/mol. The molecule has 0 saturated heterocycles. The minimum atomic E-state index is -0.436. The van der Waals surface area contributed by atoms with Crippen LogP contribution in [0.5, 0.6) is 0 Å². The maximum absolute atomic E-state index is 12.1. The lowest BCUT2D eigenvalue weighted by atomic mass is 9.71. The molecule has 22 heavy (non-hydrogen) atoms. The third-order valence-corrected chi connectivity index (χ3v) is 4.94. The molecular formula is C19H21BrO2. The fourth-order valence-electron chi connectivity index (χ4n) is 2.82. The van der Waals surface area contributed by atoms with Crippen LogP contribution in [-0.2, 0) is 16.0 Å². The van der Waals surface area contributed by atoms with Crippen molar-refractivity contribution in [3.8, 4) is 0 Å². The maximum Gasteiger partial charge on any atom is 0.155 e. The van der Waals surface area contributed by atoms with Crippen LogP contribution in [0.4, 0.5) is 0 Å². The summed E-state index contributed by atoms with van der Waals surface area (Å²) in [6.07, 6.45) is 8.93. The molecule has 3 heteroatoms. The third-order valence-electron chi connectivity index (χ3n) is 4.41. The highest BCUT2D eigenvalue weighted by Crippen LogP contribution is 2.38. The second-order valence-corrected chi connectivity index (χ2v) is 6.85. The van der Waals surface area contributed by atoms with Gasteiger partial charge in [0.25, 0.3) is 0 Å². The number of hydrogen-bond acceptors (Lipinski definition) is 2. The molecule has 0 amide bonds. The van der Waals surface area contributed by atoms with Crippen LogP contribution in [0.1, 0.15) is 38.7 Å². The first-order valence-electron chi connectivity index (χ1n) is 7.56. The normalized spacial score (nSPS) is 21.7. The van der Waals surface area contributed by atoms with Gasteiger partial charge in [-0.3, -0.25) is 9.59 Å². The molecule has 0 spiro atoms. The lowest BCUT2D eigenvalue weighted by Gasteiger charge is -2.31. The van der Waals surface area contributed by atoms with Gasteiger partial charge in [-0.25, -0.2) is 0 Å². The molecule has 0 aliphatic heterocycles. The molecule has 0 unspecified atom stereocenters. The topological polar surface area (TPSA) is 34.1 Å². The Hall–Kier alpha value is -1.48. The predicted octanol–water partition coefficient (Wildman–Crippen LogP) is 4.82. The summed E-state index contributed by atoms with van der Waals surface area (Å²) in [5, 5.41) is 0. The van der Waals surface area contributed by atoms with Gasteiger partial charge in [-0.2, -0.15) is 0 Å². The van der Waals surface area contributed by atoms with Gasteiger partial charge in [-0.1, -0.05) is 46.3 Å². The summed E-state index contributed by atoms with van der Waals surface area (Å²) in [5.41, 5.74) is 1.64. The highest BCUT2D eigenvalue weighted by Gasteiger charge is 2.34. The van der Waals surface area contributed by atoms with E-state index in [2.05, 4.69) is 34.1 Å². The zero-order valence-corrected chi connectivity index (χ0v) is 14.7. The van der Waals surface area contributed by atoms with E-state index < -0.39 is 5.41 Å². The van der Waals surface area contributed by atoms with E-state index in [1.807, 2.05) is 24.3 Å². The summed E-state index contributed by atoms with van der Waals surface area (Å²) in [5.74, 6) is 0.300. The SMILES string of the molecule is CC(=O)C1=CC[C@](/C=C/Cc2ccc(Br)cc2)(C(C)=O)CC1. The molecule has 0 N–H and O–H groups in total. The fraction of sp³-hybridized carbons (Fsp3) is 0.368. The Kier molecular flexibility index (Phi) is 5.52. The molecule has 0 aromatic heterocycles. The molecule has 2 rings (SSSR count). The molecule has 1 atom stereocenters. The van der Waals surface area contributed by atoms with Crippen molar-refractivity contribution in [2.75, 3.05) is 0 Å². The van der Waals surface area contributed by atoms with Crippen molar-refractivity contribution in [1.82, 2.24) is 0 Å². The highest BCUT2D eigenvalue weighted by atomic mass is 79.9. The van der Waals surface area contributed by atoms with E-state index >= 15 is 0 Å². The number of carbonyl (C=O) groups is 2. The first kappa shape index (κ1) is 16.9. The van der Waals surface area contributed by atoms with Crippen LogP contribution in [-0.4, -0.2) is 11.6 Å². The molecule has 1 aliphatic rings. The lowest BCUT2D eigenvalue weighted by molar-refractivity contribution is -0.125. The highest BCUT2D eigenvalue weighted by molar-refractivity contribution is 9.10. The van der Waals surface area contributed by atoms with Gasteiger partial charge in [0, 0.05) is 4.47 Å². The first-order valence-corrected chi connectivity index (χ1v) is 8.35. The fourth-order valence-corrected chi connectivity index (χ4v) is 3.08. The minimum absolute atomic E-state index is 0.121. The van der Waals surface area contributed by atoms with E-state index in [9.17, 15) is 9.59 Å². The molecule has 0 saturated carbocycles. The standard InChI is InChI=1S/C19H21BrO2/c1-14(21)17-9-12-19(13-10-17,15(2)22)11-3-4-16-5-7-18(20)8-6-16/h3,5-9,11H,4,10,12-13H2,1-2H3/b11-3+/t19-/m0/s1. The zero-order valence-electron chi connectivity index (χ0n) is 13.1. The van der Waals surface area contributed by atoms with Crippen LogP contribution >= 0.6 is 15.9 Å². The molecule has 0 fully saturated rings. The van der Waals surface area contributed by atoms with Crippen molar-refractivity contribution in [1.29, 1.82) is 0 Å². The van der Waals surface area contributed by atoms with Crippen molar-refractivity contribution in [3.05, 3.63) is 58.1 Å². The molecule has 2 nitrogen and oxygen atoms in total. The Morgan fingerprint density at radius 3 is 2.41 bits per heavy atom. The van der Waals surface area contributed by atoms with Crippen LogP contribution in [0, 0.1) is 5.41 Å². The van der Waals surface area contributed by atoms with E-state index in [1.54, 1.807) is 13.8 Å². The van der Waals surface area contributed by atoms with Crippen molar-refractivity contribution >= 4 is 27.5 Å². The van der Waals surface area contributed by atoms with E-state index in [-0.39, 0.29) is 11.6 Å². The van der Waals surface area contributed by atoms with Gasteiger partial charge in [-0.05, 0) is 62.8 Å². The summed E-state index contributed by atoms with van der Waals surface area (Å²) in [4.78, 5) is 23.5. The lowest BCUT2D eigenvalue weighted by Crippen LogP contribution is -2.29. The molecule has 1 aromatic carbocycles. The van der Waals surface area contributed by atoms with Crippen molar-refractivity contribution in [3.63, 3.8) is 0 Å². The molecule has 116 valence electrons. The summed E-state index contributed by atoms with van der Waals surface area (Å²) in [6.45, 7) is 3.24. The number of ketones is 2. The molecule has 0 bridgehead atoms. The van der Waals surface area contributed by atoms with Gasteiger partial charge >= 0.3 is 0 Å². The van der Waals surface area contributed by atoms with Crippen molar-refractivity contribution in [2.24, 2.45) is 5.41 Å². The number of halogens is 1. The molecule has 0 radical (unpaired) electrons. The Morgan fingerprint density at radius 2 is 1.91 bits per heavy atom. The van der Waals surface area contributed by atoms with E-state index in [0.717, 1.165) is 22.9 Å². The van der Waals surface area contributed by atoms with Crippen LogP contribution in [0.15, 0.2) is 52.5 Å². The van der Waals surface area contributed by atoms with Crippen LogP contribution < -0.4 is 0 Å². The first-order chi connectivity index (χ1) is 10.4. The van der Waals surface area contributed by atoms with Gasteiger partial charge in [0.15, 0.2) is 5.78 Å². The average Bonchev–Trinajstić information content (AvgIpc) is 2.49. The summed E-state index contributed by atoms with van der Waals surface area (Å²) in [6, 6.07) is 8.19. The number of allylic oxidation sites excluding steroid dienone is 4. The predicted molar refractivity (Wildman–Crippen MR) is 92.7 cm³/mol. The van der Waals surface area contributed by atoms with Crippen LogP contribution in [0.25, 0.3) is 0 Å². The number of carbonyl (C=O) groups excluding carboxylic acids is 2. The second-order valence-electron chi connectivity index (χ2n) is 5.93. The zero-order chi connectivity index (χ0) is 16.2. The van der Waals surface area contributed by atoms with Gasteiger partial charge in [0.2, 0.25) is 0 Å². The third kappa shape index (κ3) is 4.04. The van der Waals surface area contributed by atoms with Gasteiger partial charge < -0.3 is 0 Å². The Bertz CT molecular complexity index is 625. The monoisotopic (exact) mass is 360 g/mol. The van der Waals surface area contributed by atoms with Gasteiger partial charge in [0.05, 0.1) is 5.41 Å². The Morgan fingerprint density at radius 1 is 1.23 bits per heavy atom. The summed E-state index contributed by atoms with van der Waals surface area (Å²) >= 11 is 3.42. The Balaban J connectivity index is 2.09. The second kappa shape index (κ2) is 7.19. The Labute approximate surface area is 140 Å². The van der Waals surface area contributed by atoms with Crippen LogP contribution in [0.3, 0.4) is 0 Å². The maximum atomic E-state index is 12.1. The molecule has 1 aromatic rings. The van der Waals surface area contributed by atoms with E-state index in [0.29, 0.717) is 12.8 Å². The number of hydrogen-bond donors (Lipinski definition) is 0. The van der Waals surface area contributed by atoms with Crippen molar-refractivity contribution in [2.45, 2.75) is 39.5 Å². The molecule has 0 heterocycles. The largest absolute Gasteiger partial charge is 0.299 e. The smallest absolute Gasteiger partial charge is 0.155 e. The summed E-state index contributed by atoms with van der Waals surface area (Å²) < 4.78 is 1.06. The molecule has 1 aliphatic carbocycles. The van der Waals surface area contributed by atoms with E-state index in [4.69, 9.17) is 0 Å². The number of rotatable bonds is 5. The van der Waals surface area contributed by atoms with Crippen LogP contribution in [0.2, 0.25) is 0 Å². The van der Waals surface area contributed by atoms with Gasteiger partial charge in [-0.15, -0.1) is 0 Å². The quantitative estimate of drug-likeness (QED) is 0.705. The average molecular weight is 361 g/mol. The number of benzene rings is 1. The van der Waals surface area contributed by atoms with Gasteiger partial charge in [0.1, 0.15) is 5.78 Å². The van der Waals surface area contributed by atoms with E-state index in [1.165, 1.54) is 5.56 Å². The minimum Gasteiger partial charge on any atom is -0.299 e.